The first kappa shape index (κ1) is 24.0. The predicted octanol–water partition coefficient (Wildman–Crippen LogP) is 3.86. The van der Waals surface area contributed by atoms with Crippen LogP contribution in [0.2, 0.25) is 0 Å². The third-order valence-corrected chi connectivity index (χ3v) is 6.31. The van der Waals surface area contributed by atoms with E-state index in [9.17, 15) is 14.4 Å². The number of carbonyl (C=O) groups is 3. The van der Waals surface area contributed by atoms with Crippen LogP contribution in [0.15, 0.2) is 60.9 Å². The van der Waals surface area contributed by atoms with Gasteiger partial charge in [0.25, 0.3) is 0 Å². The SMILES string of the molecule is CCC(C)C(NC(=O)OCC1c2ccccc2-c2ccccc21)C(=O)Nc1cnn(CC(=O)O)c1. The first-order valence-electron chi connectivity index (χ1n) is 11.5. The van der Waals surface area contributed by atoms with Gasteiger partial charge >= 0.3 is 12.1 Å². The first-order chi connectivity index (χ1) is 16.9. The lowest BCUT2D eigenvalue weighted by Crippen LogP contribution is -2.48. The number of amides is 2. The van der Waals surface area contributed by atoms with Crippen LogP contribution in [0.4, 0.5) is 10.5 Å². The zero-order chi connectivity index (χ0) is 24.9. The van der Waals surface area contributed by atoms with Crippen molar-refractivity contribution in [1.29, 1.82) is 0 Å². The molecule has 3 N–H and O–H groups in total. The Morgan fingerprint density at radius 1 is 1.09 bits per heavy atom. The van der Waals surface area contributed by atoms with Crippen molar-refractivity contribution in [3.63, 3.8) is 0 Å². The van der Waals surface area contributed by atoms with Gasteiger partial charge in [0.1, 0.15) is 19.2 Å². The normalized spacial score (nSPS) is 13.9. The molecule has 1 heterocycles. The summed E-state index contributed by atoms with van der Waals surface area (Å²) in [4.78, 5) is 36.5. The molecule has 4 rings (SSSR count). The molecule has 0 fully saturated rings. The summed E-state index contributed by atoms with van der Waals surface area (Å²) in [6.07, 6.45) is 2.77. The van der Waals surface area contributed by atoms with E-state index in [4.69, 9.17) is 9.84 Å². The van der Waals surface area contributed by atoms with Gasteiger partial charge in [0, 0.05) is 12.1 Å². The maximum atomic E-state index is 12.9. The van der Waals surface area contributed by atoms with Gasteiger partial charge in [-0.2, -0.15) is 5.10 Å². The minimum absolute atomic E-state index is 0.0795. The van der Waals surface area contributed by atoms with Crippen LogP contribution in [0.5, 0.6) is 0 Å². The molecule has 0 bridgehead atoms. The minimum atomic E-state index is -1.04. The van der Waals surface area contributed by atoms with Gasteiger partial charge in [0.05, 0.1) is 11.9 Å². The second kappa shape index (κ2) is 10.4. The number of aliphatic carboxylic acids is 1. The highest BCUT2D eigenvalue weighted by atomic mass is 16.5. The molecule has 2 unspecified atom stereocenters. The Morgan fingerprint density at radius 2 is 1.71 bits per heavy atom. The third kappa shape index (κ3) is 5.34. The number of rotatable bonds is 9. The van der Waals surface area contributed by atoms with Gasteiger partial charge in [0.2, 0.25) is 5.91 Å². The highest BCUT2D eigenvalue weighted by Gasteiger charge is 2.31. The molecule has 2 amide bonds. The predicted molar refractivity (Wildman–Crippen MR) is 130 cm³/mol. The van der Waals surface area contributed by atoms with E-state index in [1.165, 1.54) is 17.1 Å². The number of carboxylic acids is 1. The van der Waals surface area contributed by atoms with Crippen molar-refractivity contribution >= 4 is 23.7 Å². The Bertz CT molecular complexity index is 1190. The van der Waals surface area contributed by atoms with Gasteiger partial charge < -0.3 is 20.5 Å². The Balaban J connectivity index is 1.41. The number of fused-ring (bicyclic) bond motifs is 3. The summed E-state index contributed by atoms with van der Waals surface area (Å²) in [5.74, 6) is -1.71. The van der Waals surface area contributed by atoms with Crippen LogP contribution in [-0.4, -0.2) is 45.5 Å². The van der Waals surface area contributed by atoms with E-state index in [2.05, 4.69) is 27.9 Å². The van der Waals surface area contributed by atoms with Gasteiger partial charge in [-0.25, -0.2) is 4.79 Å². The molecule has 9 heteroatoms. The summed E-state index contributed by atoms with van der Waals surface area (Å²) < 4.78 is 6.80. The van der Waals surface area contributed by atoms with Crippen LogP contribution in [0.25, 0.3) is 11.1 Å². The van der Waals surface area contributed by atoms with E-state index >= 15 is 0 Å². The van der Waals surface area contributed by atoms with Crippen LogP contribution >= 0.6 is 0 Å². The largest absolute Gasteiger partial charge is 0.480 e. The summed E-state index contributed by atoms with van der Waals surface area (Å²) in [6, 6.07) is 15.3. The van der Waals surface area contributed by atoms with Crippen molar-refractivity contribution in [1.82, 2.24) is 15.1 Å². The summed E-state index contributed by atoms with van der Waals surface area (Å²) in [6.45, 7) is 3.62. The number of hydrogen-bond donors (Lipinski definition) is 3. The molecule has 1 aliphatic carbocycles. The summed E-state index contributed by atoms with van der Waals surface area (Å²) in [5.41, 5.74) is 4.83. The molecule has 35 heavy (non-hydrogen) atoms. The highest BCUT2D eigenvalue weighted by molar-refractivity contribution is 5.96. The fourth-order valence-corrected chi connectivity index (χ4v) is 4.34. The second-order valence-corrected chi connectivity index (χ2v) is 8.64. The molecule has 0 aliphatic heterocycles. The number of carbonyl (C=O) groups excluding carboxylic acids is 2. The summed E-state index contributed by atoms with van der Waals surface area (Å²) >= 11 is 0. The smallest absolute Gasteiger partial charge is 0.407 e. The molecule has 2 atom stereocenters. The maximum absolute atomic E-state index is 12.9. The lowest BCUT2D eigenvalue weighted by atomic mass is 9.98. The number of nitrogens with one attached hydrogen (secondary N) is 2. The van der Waals surface area contributed by atoms with Gasteiger partial charge in [-0.3, -0.25) is 14.3 Å². The van der Waals surface area contributed by atoms with E-state index in [0.717, 1.165) is 22.3 Å². The molecule has 1 aromatic heterocycles. The molecule has 0 saturated heterocycles. The number of aromatic nitrogens is 2. The van der Waals surface area contributed by atoms with Crippen molar-refractivity contribution in [3.8, 4) is 11.1 Å². The van der Waals surface area contributed by atoms with E-state index in [1.54, 1.807) is 0 Å². The van der Waals surface area contributed by atoms with E-state index in [-0.39, 0.29) is 25.0 Å². The number of hydrogen-bond acceptors (Lipinski definition) is 5. The van der Waals surface area contributed by atoms with Crippen molar-refractivity contribution < 1.29 is 24.2 Å². The minimum Gasteiger partial charge on any atom is -0.480 e. The van der Waals surface area contributed by atoms with E-state index in [1.807, 2.05) is 50.2 Å². The number of nitrogens with zero attached hydrogens (tertiary/aromatic N) is 2. The van der Waals surface area contributed by atoms with Gasteiger partial charge in [0.15, 0.2) is 0 Å². The molecule has 182 valence electrons. The molecular formula is C26H28N4O5. The van der Waals surface area contributed by atoms with Crippen molar-refractivity contribution in [2.75, 3.05) is 11.9 Å². The number of benzene rings is 2. The monoisotopic (exact) mass is 476 g/mol. The van der Waals surface area contributed by atoms with Crippen LogP contribution in [0.3, 0.4) is 0 Å². The average Bonchev–Trinajstić information content (AvgIpc) is 3.41. The zero-order valence-corrected chi connectivity index (χ0v) is 19.6. The van der Waals surface area contributed by atoms with Crippen LogP contribution in [0.1, 0.15) is 37.3 Å². The number of ether oxygens (including phenoxy) is 1. The molecule has 0 radical (unpaired) electrons. The lowest BCUT2D eigenvalue weighted by Gasteiger charge is -2.23. The van der Waals surface area contributed by atoms with Gasteiger partial charge in [-0.15, -0.1) is 0 Å². The third-order valence-electron chi connectivity index (χ3n) is 6.31. The average molecular weight is 477 g/mol. The highest BCUT2D eigenvalue weighted by Crippen LogP contribution is 2.44. The zero-order valence-electron chi connectivity index (χ0n) is 19.6. The maximum Gasteiger partial charge on any atom is 0.407 e. The Hall–Kier alpha value is -4.14. The van der Waals surface area contributed by atoms with Crippen LogP contribution in [-0.2, 0) is 20.9 Å². The molecule has 3 aromatic rings. The number of anilines is 1. The Kier molecular flexibility index (Phi) is 7.14. The van der Waals surface area contributed by atoms with Gasteiger partial charge in [-0.1, -0.05) is 68.8 Å². The van der Waals surface area contributed by atoms with Gasteiger partial charge in [-0.05, 0) is 28.2 Å². The fourth-order valence-electron chi connectivity index (χ4n) is 4.34. The summed E-state index contributed by atoms with van der Waals surface area (Å²) in [7, 11) is 0. The second-order valence-electron chi connectivity index (χ2n) is 8.64. The first-order valence-corrected chi connectivity index (χ1v) is 11.5. The number of alkyl carbamates (subject to hydrolysis) is 1. The Morgan fingerprint density at radius 3 is 2.31 bits per heavy atom. The van der Waals surface area contributed by atoms with Crippen molar-refractivity contribution in [2.24, 2.45) is 5.92 Å². The number of carboxylic acid groups (broad SMARTS) is 1. The summed E-state index contributed by atoms with van der Waals surface area (Å²) in [5, 5.41) is 18.2. The molecule has 9 nitrogen and oxygen atoms in total. The van der Waals surface area contributed by atoms with Crippen molar-refractivity contribution in [3.05, 3.63) is 72.1 Å². The van der Waals surface area contributed by atoms with E-state index < -0.39 is 24.0 Å². The lowest BCUT2D eigenvalue weighted by molar-refractivity contribution is -0.137. The quantitative estimate of drug-likeness (QED) is 0.431. The fraction of sp³-hybridized carbons (Fsp3) is 0.308. The molecular weight excluding hydrogens is 448 g/mol. The van der Waals surface area contributed by atoms with Crippen LogP contribution < -0.4 is 10.6 Å². The van der Waals surface area contributed by atoms with Crippen LogP contribution in [0, 0.1) is 5.92 Å². The molecule has 0 spiro atoms. The molecule has 2 aromatic carbocycles. The molecule has 1 aliphatic rings. The Labute approximate surface area is 203 Å². The standard InChI is InChI=1S/C26H28N4O5/c1-3-16(2)24(25(33)28-17-12-27-30(13-17)14-23(31)32)29-26(34)35-15-22-20-10-6-4-8-18(20)19-9-5-7-11-21(19)22/h4-13,16,22,24H,3,14-15H2,1-2H3,(H,28,33)(H,29,34)(H,31,32). The topological polar surface area (TPSA) is 123 Å². The molecule has 0 saturated carbocycles. The van der Waals surface area contributed by atoms with E-state index in [0.29, 0.717) is 12.1 Å². The van der Waals surface area contributed by atoms with Crippen molar-refractivity contribution in [2.45, 2.75) is 38.8 Å².